The van der Waals surface area contributed by atoms with E-state index in [1.807, 2.05) is 13.0 Å². The highest BCUT2D eigenvalue weighted by atomic mass is 15.2. The summed E-state index contributed by atoms with van der Waals surface area (Å²) in [5, 5.41) is 6.78. The lowest BCUT2D eigenvalue weighted by Gasteiger charge is -2.12. The minimum atomic E-state index is 0.748. The van der Waals surface area contributed by atoms with Crippen LogP contribution in [0.1, 0.15) is 115 Å². The molecule has 5 nitrogen and oxygen atoms in total. The quantitative estimate of drug-likeness (QED) is 0.181. The molecule has 0 amide bonds. The molecule has 0 radical (unpaired) electrons. The lowest BCUT2D eigenvalue weighted by atomic mass is 10.0. The van der Waals surface area contributed by atoms with E-state index in [0.717, 1.165) is 37.1 Å². The van der Waals surface area contributed by atoms with Gasteiger partial charge in [-0.3, -0.25) is 0 Å². The molecule has 32 heavy (non-hydrogen) atoms. The summed E-state index contributed by atoms with van der Waals surface area (Å²) in [5.74, 6) is 1.66. The van der Waals surface area contributed by atoms with E-state index in [2.05, 4.69) is 46.5 Å². The molecular weight excluding hydrogens is 394 g/mol. The molecule has 0 aromatic carbocycles. The minimum Gasteiger partial charge on any atom is -0.369 e. The van der Waals surface area contributed by atoms with Crippen LogP contribution in [-0.2, 0) is 0 Å². The highest BCUT2D eigenvalue weighted by Gasteiger charge is 2.02. The number of anilines is 2. The largest absolute Gasteiger partial charge is 0.369 e. The molecule has 1 aromatic heterocycles. The first-order valence-electron chi connectivity index (χ1n) is 13.6. The highest BCUT2D eigenvalue weighted by Crippen LogP contribution is 2.14. The number of unbranched alkanes of at least 4 members (excludes halogenated alkanes) is 15. The van der Waals surface area contributed by atoms with E-state index in [1.165, 1.54) is 103 Å². The second-order valence-corrected chi connectivity index (χ2v) is 9.68. The van der Waals surface area contributed by atoms with Crippen molar-refractivity contribution >= 4 is 11.8 Å². The van der Waals surface area contributed by atoms with Crippen molar-refractivity contribution in [1.29, 1.82) is 0 Å². The van der Waals surface area contributed by atoms with Crippen molar-refractivity contribution in [3.05, 3.63) is 11.8 Å². The smallest absolute Gasteiger partial charge is 0.224 e. The first-order valence-corrected chi connectivity index (χ1v) is 13.6. The third-order valence-electron chi connectivity index (χ3n) is 6.03. The van der Waals surface area contributed by atoms with Crippen LogP contribution in [0.5, 0.6) is 0 Å². The van der Waals surface area contributed by atoms with E-state index in [0.29, 0.717) is 0 Å². The van der Waals surface area contributed by atoms with Crippen LogP contribution in [0.3, 0.4) is 0 Å². The summed E-state index contributed by atoms with van der Waals surface area (Å²) in [4.78, 5) is 11.3. The van der Waals surface area contributed by atoms with Crippen LogP contribution in [0.25, 0.3) is 0 Å². The predicted octanol–water partition coefficient (Wildman–Crippen LogP) is 7.43. The molecule has 0 bridgehead atoms. The molecule has 0 atom stereocenters. The van der Waals surface area contributed by atoms with Crippen molar-refractivity contribution in [3.8, 4) is 0 Å². The molecule has 0 fully saturated rings. The fourth-order valence-corrected chi connectivity index (χ4v) is 4.02. The van der Waals surface area contributed by atoms with Gasteiger partial charge in [0.25, 0.3) is 0 Å². The van der Waals surface area contributed by atoms with Crippen LogP contribution in [0.2, 0.25) is 0 Å². The number of aromatic nitrogens is 2. The maximum absolute atomic E-state index is 4.59. The molecule has 0 unspecified atom stereocenters. The lowest BCUT2D eigenvalue weighted by Crippen LogP contribution is -2.21. The number of aryl methyl sites for hydroxylation is 1. The third kappa shape index (κ3) is 17.2. The lowest BCUT2D eigenvalue weighted by molar-refractivity contribution is 0.425. The Bertz CT molecular complexity index is 547. The molecule has 5 heteroatoms. The van der Waals surface area contributed by atoms with Crippen molar-refractivity contribution in [3.63, 3.8) is 0 Å². The Morgan fingerprint density at radius 2 is 1.16 bits per heavy atom. The number of likely N-dealkylation sites (N-methyl/N-ethyl adjacent to an activating group) is 1. The molecule has 0 spiro atoms. The van der Waals surface area contributed by atoms with Gasteiger partial charge in [-0.25, -0.2) is 4.98 Å². The van der Waals surface area contributed by atoms with E-state index >= 15 is 0 Å². The second-order valence-electron chi connectivity index (χ2n) is 9.68. The molecule has 0 aliphatic carbocycles. The van der Waals surface area contributed by atoms with Gasteiger partial charge in [-0.15, -0.1) is 0 Å². The molecule has 0 saturated heterocycles. The Hall–Kier alpha value is -1.36. The summed E-state index contributed by atoms with van der Waals surface area (Å²) in [7, 11) is 4.16. The zero-order valence-electron chi connectivity index (χ0n) is 21.9. The van der Waals surface area contributed by atoms with Gasteiger partial charge >= 0.3 is 0 Å². The first kappa shape index (κ1) is 28.7. The van der Waals surface area contributed by atoms with Gasteiger partial charge in [0, 0.05) is 31.4 Å². The molecule has 1 aromatic rings. The van der Waals surface area contributed by atoms with Gasteiger partial charge in [-0.1, -0.05) is 103 Å². The average Bonchev–Trinajstić information content (AvgIpc) is 2.75. The van der Waals surface area contributed by atoms with Crippen molar-refractivity contribution in [2.75, 3.05) is 44.4 Å². The van der Waals surface area contributed by atoms with E-state index in [1.54, 1.807) is 0 Å². The van der Waals surface area contributed by atoms with E-state index in [4.69, 9.17) is 0 Å². The molecule has 0 aliphatic rings. The van der Waals surface area contributed by atoms with Gasteiger partial charge in [-0.05, 0) is 27.4 Å². The summed E-state index contributed by atoms with van der Waals surface area (Å²) in [6.45, 7) is 7.16. The van der Waals surface area contributed by atoms with Crippen molar-refractivity contribution in [2.24, 2.45) is 0 Å². The summed E-state index contributed by atoms with van der Waals surface area (Å²) in [5.41, 5.74) is 1.00. The number of hydrogen-bond acceptors (Lipinski definition) is 5. The van der Waals surface area contributed by atoms with Gasteiger partial charge in [-0.2, -0.15) is 4.98 Å². The van der Waals surface area contributed by atoms with Gasteiger partial charge in [0.1, 0.15) is 5.82 Å². The molecule has 1 rings (SSSR count). The Morgan fingerprint density at radius 3 is 1.66 bits per heavy atom. The van der Waals surface area contributed by atoms with Crippen molar-refractivity contribution in [2.45, 2.75) is 117 Å². The van der Waals surface area contributed by atoms with Crippen molar-refractivity contribution in [1.82, 2.24) is 14.9 Å². The normalized spacial score (nSPS) is 11.3. The zero-order valence-corrected chi connectivity index (χ0v) is 21.9. The standard InChI is InChI=1S/C27H53N5/c1-5-6-7-8-9-10-11-12-13-14-15-16-17-18-19-20-21-29-27-30-25(2)24-26(31-27)28-22-23-32(3)4/h24H,5-23H2,1-4H3,(H2,28,29,30,31). The van der Waals surface area contributed by atoms with Gasteiger partial charge in [0.15, 0.2) is 0 Å². The van der Waals surface area contributed by atoms with Crippen LogP contribution in [-0.4, -0.2) is 48.6 Å². The van der Waals surface area contributed by atoms with Crippen LogP contribution < -0.4 is 10.6 Å². The van der Waals surface area contributed by atoms with Crippen LogP contribution >= 0.6 is 0 Å². The fraction of sp³-hybridized carbons (Fsp3) is 0.852. The maximum Gasteiger partial charge on any atom is 0.224 e. The summed E-state index contributed by atoms with van der Waals surface area (Å²) in [6.07, 6.45) is 22.5. The summed E-state index contributed by atoms with van der Waals surface area (Å²) in [6, 6.07) is 2.01. The Labute approximate surface area is 199 Å². The van der Waals surface area contributed by atoms with Crippen LogP contribution in [0.4, 0.5) is 11.8 Å². The monoisotopic (exact) mass is 447 g/mol. The van der Waals surface area contributed by atoms with Crippen molar-refractivity contribution < 1.29 is 0 Å². The molecular formula is C27H53N5. The zero-order chi connectivity index (χ0) is 23.3. The summed E-state index contributed by atoms with van der Waals surface area (Å²) >= 11 is 0. The Balaban J connectivity index is 1.92. The fourth-order valence-electron chi connectivity index (χ4n) is 4.02. The van der Waals surface area contributed by atoms with E-state index in [-0.39, 0.29) is 0 Å². The van der Waals surface area contributed by atoms with Gasteiger partial charge in [0.2, 0.25) is 5.95 Å². The minimum absolute atomic E-state index is 0.748. The molecule has 2 N–H and O–H groups in total. The van der Waals surface area contributed by atoms with Gasteiger partial charge in [0.05, 0.1) is 0 Å². The number of nitrogens with zero attached hydrogens (tertiary/aromatic N) is 3. The SMILES string of the molecule is CCCCCCCCCCCCCCCCCCNc1nc(C)cc(NCCN(C)C)n1. The summed E-state index contributed by atoms with van der Waals surface area (Å²) < 4.78 is 0. The number of hydrogen-bond donors (Lipinski definition) is 2. The number of rotatable bonds is 22. The molecule has 0 aliphatic heterocycles. The van der Waals surface area contributed by atoms with E-state index in [9.17, 15) is 0 Å². The number of nitrogens with one attached hydrogen (secondary N) is 2. The third-order valence-corrected chi connectivity index (χ3v) is 6.03. The average molecular weight is 448 g/mol. The maximum atomic E-state index is 4.59. The first-order chi connectivity index (χ1) is 15.6. The topological polar surface area (TPSA) is 53.1 Å². The molecule has 0 saturated carbocycles. The van der Waals surface area contributed by atoms with E-state index < -0.39 is 0 Å². The molecule has 186 valence electrons. The Morgan fingerprint density at radius 1 is 0.656 bits per heavy atom. The van der Waals surface area contributed by atoms with Crippen LogP contribution in [0, 0.1) is 6.92 Å². The molecule has 1 heterocycles. The van der Waals surface area contributed by atoms with Gasteiger partial charge < -0.3 is 15.5 Å². The van der Waals surface area contributed by atoms with Crippen LogP contribution in [0.15, 0.2) is 6.07 Å². The second kappa shape index (κ2) is 20.3. The highest BCUT2D eigenvalue weighted by molar-refractivity contribution is 5.42. The predicted molar refractivity (Wildman–Crippen MR) is 142 cm³/mol. The Kier molecular flexibility index (Phi) is 18.2.